The van der Waals surface area contributed by atoms with Crippen LogP contribution in [0.3, 0.4) is 0 Å². The Kier molecular flexibility index (Phi) is 4.90. The van der Waals surface area contributed by atoms with Crippen molar-refractivity contribution >= 4 is 21.7 Å². The smallest absolute Gasteiger partial charge is 0.199 e. The van der Waals surface area contributed by atoms with E-state index in [0.717, 1.165) is 10.9 Å². The number of carbonyl (C=O) groups is 1. The fourth-order valence-electron chi connectivity index (χ4n) is 1.09. The Labute approximate surface area is 91.6 Å². The van der Waals surface area contributed by atoms with Crippen molar-refractivity contribution < 1.29 is 13.9 Å². The van der Waals surface area contributed by atoms with Gasteiger partial charge in [0.15, 0.2) is 11.5 Å². The maximum atomic E-state index is 11.5. The molecule has 0 saturated carbocycles. The van der Waals surface area contributed by atoms with E-state index in [9.17, 15) is 4.79 Å². The van der Waals surface area contributed by atoms with Gasteiger partial charge in [0.1, 0.15) is 0 Å². The maximum absolute atomic E-state index is 11.5. The van der Waals surface area contributed by atoms with Crippen LogP contribution in [0.25, 0.3) is 0 Å². The summed E-state index contributed by atoms with van der Waals surface area (Å²) in [6.07, 6.45) is 2.70. The van der Waals surface area contributed by atoms with Crippen LogP contribution < -0.4 is 0 Å². The third-order valence-corrected chi connectivity index (χ3v) is 2.39. The first-order valence-electron chi connectivity index (χ1n) is 4.59. The van der Waals surface area contributed by atoms with E-state index in [1.54, 1.807) is 6.07 Å². The van der Waals surface area contributed by atoms with E-state index in [1.165, 1.54) is 6.26 Å². The molecule has 0 aliphatic rings. The van der Waals surface area contributed by atoms with E-state index in [1.807, 2.05) is 6.92 Å². The third kappa shape index (κ3) is 3.27. The van der Waals surface area contributed by atoms with Crippen molar-refractivity contribution in [1.29, 1.82) is 0 Å². The van der Waals surface area contributed by atoms with E-state index >= 15 is 0 Å². The van der Waals surface area contributed by atoms with Gasteiger partial charge in [-0.05, 0) is 35.3 Å². The molecule has 0 fully saturated rings. The lowest BCUT2D eigenvalue weighted by atomic mass is 10.2. The minimum atomic E-state index is 0.0154. The second-order valence-corrected chi connectivity index (χ2v) is 3.68. The van der Waals surface area contributed by atoms with Crippen LogP contribution in [0.2, 0.25) is 0 Å². The van der Waals surface area contributed by atoms with Crippen LogP contribution in [0.4, 0.5) is 0 Å². The van der Waals surface area contributed by atoms with Crippen molar-refractivity contribution in [3.63, 3.8) is 0 Å². The average molecular weight is 261 g/mol. The van der Waals surface area contributed by atoms with Crippen molar-refractivity contribution in [3.05, 3.63) is 22.6 Å². The second-order valence-electron chi connectivity index (χ2n) is 2.82. The molecular weight excluding hydrogens is 248 g/mol. The normalized spacial score (nSPS) is 10.4. The fraction of sp³-hybridized carbons (Fsp3) is 0.500. The Bertz CT molecular complexity index is 293. The molecule has 0 atom stereocenters. The van der Waals surface area contributed by atoms with Crippen LogP contribution >= 0.6 is 15.9 Å². The molecule has 0 aromatic carbocycles. The van der Waals surface area contributed by atoms with Gasteiger partial charge in [0.05, 0.1) is 10.7 Å². The Morgan fingerprint density at radius 2 is 2.43 bits per heavy atom. The summed E-state index contributed by atoms with van der Waals surface area (Å²) in [5.41, 5.74) is 0. The molecule has 0 N–H and O–H groups in total. The SMILES string of the molecule is CCOCCCC(=O)c1occc1Br. The molecule has 0 aliphatic heterocycles. The zero-order valence-electron chi connectivity index (χ0n) is 8.09. The van der Waals surface area contributed by atoms with Crippen LogP contribution in [0.5, 0.6) is 0 Å². The summed E-state index contributed by atoms with van der Waals surface area (Å²) in [7, 11) is 0. The molecule has 1 aromatic rings. The van der Waals surface area contributed by atoms with Gasteiger partial charge in [0, 0.05) is 19.6 Å². The third-order valence-electron chi connectivity index (χ3n) is 1.77. The molecule has 0 amide bonds. The number of hydrogen-bond donors (Lipinski definition) is 0. The molecule has 3 nitrogen and oxygen atoms in total. The first-order valence-corrected chi connectivity index (χ1v) is 5.39. The number of rotatable bonds is 6. The van der Waals surface area contributed by atoms with Crippen LogP contribution in [-0.2, 0) is 4.74 Å². The zero-order chi connectivity index (χ0) is 10.4. The zero-order valence-corrected chi connectivity index (χ0v) is 9.67. The molecule has 0 bridgehead atoms. The minimum absolute atomic E-state index is 0.0154. The number of hydrogen-bond acceptors (Lipinski definition) is 3. The predicted octanol–water partition coefficient (Wildman–Crippen LogP) is 3.04. The molecule has 0 radical (unpaired) electrons. The van der Waals surface area contributed by atoms with Gasteiger partial charge < -0.3 is 9.15 Å². The maximum Gasteiger partial charge on any atom is 0.199 e. The predicted molar refractivity (Wildman–Crippen MR) is 56.5 cm³/mol. The lowest BCUT2D eigenvalue weighted by Gasteiger charge is -1.99. The number of halogens is 1. The largest absolute Gasteiger partial charge is 0.460 e. The van der Waals surface area contributed by atoms with E-state index < -0.39 is 0 Å². The van der Waals surface area contributed by atoms with E-state index in [4.69, 9.17) is 9.15 Å². The molecule has 0 unspecified atom stereocenters. The van der Waals surface area contributed by atoms with Crippen molar-refractivity contribution in [2.75, 3.05) is 13.2 Å². The highest BCUT2D eigenvalue weighted by atomic mass is 79.9. The number of ether oxygens (including phenoxy) is 1. The Balaban J connectivity index is 2.32. The molecule has 1 heterocycles. The molecule has 0 aliphatic carbocycles. The van der Waals surface area contributed by atoms with Crippen LogP contribution in [-0.4, -0.2) is 19.0 Å². The summed E-state index contributed by atoms with van der Waals surface area (Å²) in [6, 6.07) is 1.72. The molecular formula is C10H13BrO3. The van der Waals surface area contributed by atoms with Crippen molar-refractivity contribution in [2.45, 2.75) is 19.8 Å². The quantitative estimate of drug-likeness (QED) is 0.583. The molecule has 0 saturated heterocycles. The van der Waals surface area contributed by atoms with Crippen LogP contribution in [0, 0.1) is 0 Å². The summed E-state index contributed by atoms with van der Waals surface area (Å²) in [5, 5.41) is 0. The van der Waals surface area contributed by atoms with Gasteiger partial charge in [-0.2, -0.15) is 0 Å². The average Bonchev–Trinajstić information content (AvgIpc) is 2.59. The molecule has 1 aromatic heterocycles. The highest BCUT2D eigenvalue weighted by Crippen LogP contribution is 2.19. The monoisotopic (exact) mass is 260 g/mol. The van der Waals surface area contributed by atoms with Crippen LogP contribution in [0.1, 0.15) is 30.3 Å². The first-order chi connectivity index (χ1) is 6.75. The molecule has 4 heteroatoms. The number of ketones is 1. The standard InChI is InChI=1S/C10H13BrO3/c1-2-13-6-3-4-9(12)10-8(11)5-7-14-10/h5,7H,2-4,6H2,1H3. The summed E-state index contributed by atoms with van der Waals surface area (Å²) >= 11 is 3.24. The lowest BCUT2D eigenvalue weighted by molar-refractivity contribution is 0.0920. The second kappa shape index (κ2) is 5.98. The van der Waals surface area contributed by atoms with Crippen LogP contribution in [0.15, 0.2) is 21.2 Å². The number of furan rings is 1. The van der Waals surface area contributed by atoms with Gasteiger partial charge in [-0.15, -0.1) is 0 Å². The molecule has 14 heavy (non-hydrogen) atoms. The van der Waals surface area contributed by atoms with E-state index in [-0.39, 0.29) is 5.78 Å². The van der Waals surface area contributed by atoms with Crippen molar-refractivity contribution in [1.82, 2.24) is 0 Å². The molecule has 0 spiro atoms. The van der Waals surface area contributed by atoms with Gasteiger partial charge in [-0.3, -0.25) is 4.79 Å². The first kappa shape index (κ1) is 11.5. The summed E-state index contributed by atoms with van der Waals surface area (Å²) in [6.45, 7) is 3.25. The molecule has 1 rings (SSSR count). The Morgan fingerprint density at radius 1 is 1.64 bits per heavy atom. The summed E-state index contributed by atoms with van der Waals surface area (Å²) in [5.74, 6) is 0.420. The van der Waals surface area contributed by atoms with Crippen molar-refractivity contribution in [3.8, 4) is 0 Å². The van der Waals surface area contributed by atoms with Gasteiger partial charge >= 0.3 is 0 Å². The highest BCUT2D eigenvalue weighted by Gasteiger charge is 2.12. The summed E-state index contributed by atoms with van der Waals surface area (Å²) in [4.78, 5) is 11.5. The number of carbonyl (C=O) groups excluding carboxylic acids is 1. The topological polar surface area (TPSA) is 39.4 Å². The van der Waals surface area contributed by atoms with E-state index in [2.05, 4.69) is 15.9 Å². The lowest BCUT2D eigenvalue weighted by Crippen LogP contribution is -2.01. The fourth-order valence-corrected chi connectivity index (χ4v) is 1.51. The van der Waals surface area contributed by atoms with Gasteiger partial charge in [-0.25, -0.2) is 0 Å². The Morgan fingerprint density at radius 3 is 3.00 bits per heavy atom. The minimum Gasteiger partial charge on any atom is -0.460 e. The van der Waals surface area contributed by atoms with E-state index in [0.29, 0.717) is 25.4 Å². The molecule has 78 valence electrons. The van der Waals surface area contributed by atoms with Gasteiger partial charge in [0.2, 0.25) is 0 Å². The van der Waals surface area contributed by atoms with Crippen molar-refractivity contribution in [2.24, 2.45) is 0 Å². The highest BCUT2D eigenvalue weighted by molar-refractivity contribution is 9.10. The van der Waals surface area contributed by atoms with Gasteiger partial charge in [-0.1, -0.05) is 0 Å². The summed E-state index contributed by atoms with van der Waals surface area (Å²) < 4.78 is 10.9. The number of Topliss-reactive ketones (excluding diaryl/α,β-unsaturated/α-hetero) is 1. The van der Waals surface area contributed by atoms with Gasteiger partial charge in [0.25, 0.3) is 0 Å². The Hall–Kier alpha value is -0.610.